The minimum atomic E-state index is -0.841. The van der Waals surface area contributed by atoms with Crippen LogP contribution in [0.15, 0.2) is 0 Å². The molecule has 0 spiro atoms. The summed E-state index contributed by atoms with van der Waals surface area (Å²) < 4.78 is 5.20. The van der Waals surface area contributed by atoms with Gasteiger partial charge in [0.25, 0.3) is 0 Å². The van der Waals surface area contributed by atoms with Crippen LogP contribution in [0.5, 0.6) is 0 Å². The first kappa shape index (κ1) is 12.8. The van der Waals surface area contributed by atoms with Gasteiger partial charge in [0.1, 0.15) is 5.60 Å². The fraction of sp³-hybridized carbons (Fsp3) is 0.818. The summed E-state index contributed by atoms with van der Waals surface area (Å²) >= 11 is 0. The molecule has 16 heavy (non-hydrogen) atoms. The molecule has 2 atom stereocenters. The molecule has 0 saturated carbocycles. The summed E-state index contributed by atoms with van der Waals surface area (Å²) in [6.45, 7) is 7.50. The summed E-state index contributed by atoms with van der Waals surface area (Å²) in [5, 5.41) is 8.89. The SMILES string of the molecule is CCC1C(C(=O)O)CN1C(=O)OC(C)(C)C. The van der Waals surface area contributed by atoms with Gasteiger partial charge in [-0.1, -0.05) is 6.92 Å². The lowest BCUT2D eigenvalue weighted by molar-refractivity contribution is -0.151. The molecular formula is C11H19NO4. The zero-order valence-electron chi connectivity index (χ0n) is 10.2. The van der Waals surface area contributed by atoms with Gasteiger partial charge in [-0.3, -0.25) is 4.79 Å². The van der Waals surface area contributed by atoms with E-state index in [2.05, 4.69) is 0 Å². The van der Waals surface area contributed by atoms with E-state index < -0.39 is 23.6 Å². The predicted molar refractivity (Wildman–Crippen MR) is 58.1 cm³/mol. The van der Waals surface area contributed by atoms with Crippen molar-refractivity contribution in [1.29, 1.82) is 0 Å². The van der Waals surface area contributed by atoms with Gasteiger partial charge in [0, 0.05) is 12.6 Å². The van der Waals surface area contributed by atoms with Crippen LogP contribution in [0.2, 0.25) is 0 Å². The van der Waals surface area contributed by atoms with Crippen LogP contribution in [-0.2, 0) is 9.53 Å². The number of carboxylic acid groups (broad SMARTS) is 1. The number of ether oxygens (including phenoxy) is 1. The van der Waals surface area contributed by atoms with Gasteiger partial charge in [0.2, 0.25) is 0 Å². The number of carboxylic acids is 1. The van der Waals surface area contributed by atoms with Crippen molar-refractivity contribution in [3.8, 4) is 0 Å². The lowest BCUT2D eigenvalue weighted by Gasteiger charge is -2.45. The van der Waals surface area contributed by atoms with Gasteiger partial charge in [0.05, 0.1) is 5.92 Å². The van der Waals surface area contributed by atoms with Crippen LogP contribution in [0.25, 0.3) is 0 Å². The topological polar surface area (TPSA) is 66.8 Å². The third kappa shape index (κ3) is 2.65. The second kappa shape index (κ2) is 4.31. The normalized spacial score (nSPS) is 24.9. The Bertz CT molecular complexity index is 295. The standard InChI is InChI=1S/C11H19NO4/c1-5-8-7(9(13)14)6-12(8)10(15)16-11(2,3)4/h7-8H,5-6H2,1-4H3,(H,13,14). The Hall–Kier alpha value is -1.26. The quantitative estimate of drug-likeness (QED) is 0.782. The van der Waals surface area contributed by atoms with E-state index in [1.54, 1.807) is 20.8 Å². The van der Waals surface area contributed by atoms with Crippen LogP contribution in [-0.4, -0.2) is 40.3 Å². The maximum absolute atomic E-state index is 11.7. The Labute approximate surface area is 95.4 Å². The monoisotopic (exact) mass is 229 g/mol. The maximum atomic E-state index is 11.7. The van der Waals surface area contributed by atoms with Crippen molar-refractivity contribution in [1.82, 2.24) is 4.90 Å². The Morgan fingerprint density at radius 2 is 2.00 bits per heavy atom. The molecule has 0 aromatic heterocycles. The van der Waals surface area contributed by atoms with E-state index in [-0.39, 0.29) is 12.6 Å². The third-order valence-corrected chi connectivity index (χ3v) is 2.62. The van der Waals surface area contributed by atoms with Crippen LogP contribution in [0.3, 0.4) is 0 Å². The molecule has 1 fully saturated rings. The summed E-state index contributed by atoms with van der Waals surface area (Å²) in [5.41, 5.74) is -0.538. The fourth-order valence-corrected chi connectivity index (χ4v) is 1.83. The Balaban J connectivity index is 2.58. The minimum Gasteiger partial charge on any atom is -0.481 e. The van der Waals surface area contributed by atoms with E-state index >= 15 is 0 Å². The third-order valence-electron chi connectivity index (χ3n) is 2.62. The molecule has 5 nitrogen and oxygen atoms in total. The van der Waals surface area contributed by atoms with E-state index in [1.807, 2.05) is 6.92 Å². The predicted octanol–water partition coefficient (Wildman–Crippen LogP) is 1.72. The van der Waals surface area contributed by atoms with Crippen LogP contribution < -0.4 is 0 Å². The van der Waals surface area contributed by atoms with Crippen molar-refractivity contribution in [3.63, 3.8) is 0 Å². The summed E-state index contributed by atoms with van der Waals surface area (Å²) in [5.74, 6) is -1.29. The summed E-state index contributed by atoms with van der Waals surface area (Å²) in [7, 11) is 0. The molecule has 0 bridgehead atoms. The molecule has 1 saturated heterocycles. The maximum Gasteiger partial charge on any atom is 0.410 e. The highest BCUT2D eigenvalue weighted by Crippen LogP contribution is 2.29. The van der Waals surface area contributed by atoms with Crippen molar-refractivity contribution in [2.45, 2.75) is 45.8 Å². The first-order chi connectivity index (χ1) is 7.26. The van der Waals surface area contributed by atoms with Gasteiger partial charge in [-0.05, 0) is 27.2 Å². The highest BCUT2D eigenvalue weighted by Gasteiger charge is 2.46. The zero-order chi connectivity index (χ0) is 12.5. The van der Waals surface area contributed by atoms with Crippen LogP contribution in [0.4, 0.5) is 4.79 Å². The molecular weight excluding hydrogens is 210 g/mol. The van der Waals surface area contributed by atoms with E-state index in [4.69, 9.17) is 9.84 Å². The van der Waals surface area contributed by atoms with Crippen molar-refractivity contribution in [2.75, 3.05) is 6.54 Å². The van der Waals surface area contributed by atoms with Crippen molar-refractivity contribution in [3.05, 3.63) is 0 Å². The summed E-state index contributed by atoms with van der Waals surface area (Å²) in [6, 6.07) is -0.229. The number of hydrogen-bond acceptors (Lipinski definition) is 3. The Morgan fingerprint density at radius 1 is 1.44 bits per heavy atom. The molecule has 0 radical (unpaired) electrons. The van der Waals surface area contributed by atoms with Crippen molar-refractivity contribution < 1.29 is 19.4 Å². The molecule has 2 unspecified atom stereocenters. The van der Waals surface area contributed by atoms with Gasteiger partial charge in [-0.15, -0.1) is 0 Å². The number of hydrogen-bond donors (Lipinski definition) is 1. The van der Waals surface area contributed by atoms with Gasteiger partial charge < -0.3 is 14.7 Å². The van der Waals surface area contributed by atoms with Crippen LogP contribution >= 0.6 is 0 Å². The fourth-order valence-electron chi connectivity index (χ4n) is 1.83. The van der Waals surface area contributed by atoms with Crippen molar-refractivity contribution >= 4 is 12.1 Å². The molecule has 92 valence electrons. The molecule has 1 aliphatic rings. The molecule has 1 aliphatic heterocycles. The molecule has 1 N–H and O–H groups in total. The minimum absolute atomic E-state index is 0.229. The molecule has 0 aromatic carbocycles. The summed E-state index contributed by atoms with van der Waals surface area (Å²) in [4.78, 5) is 24.0. The van der Waals surface area contributed by atoms with Gasteiger partial charge >= 0.3 is 12.1 Å². The number of aliphatic carboxylic acids is 1. The molecule has 1 rings (SSSR count). The average molecular weight is 229 g/mol. The average Bonchev–Trinajstić information content (AvgIpc) is 1.97. The molecule has 1 amide bonds. The van der Waals surface area contributed by atoms with Crippen molar-refractivity contribution in [2.24, 2.45) is 5.92 Å². The number of rotatable bonds is 2. The first-order valence-electron chi connectivity index (χ1n) is 5.48. The second-order valence-electron chi connectivity index (χ2n) is 5.05. The van der Waals surface area contributed by atoms with Crippen LogP contribution in [0.1, 0.15) is 34.1 Å². The Kier molecular flexibility index (Phi) is 3.45. The number of nitrogens with zero attached hydrogens (tertiary/aromatic N) is 1. The summed E-state index contributed by atoms with van der Waals surface area (Å²) in [6.07, 6.45) is 0.216. The smallest absolute Gasteiger partial charge is 0.410 e. The lowest BCUT2D eigenvalue weighted by atomic mass is 9.87. The van der Waals surface area contributed by atoms with Gasteiger partial charge in [-0.25, -0.2) is 4.79 Å². The van der Waals surface area contributed by atoms with Crippen LogP contribution in [0, 0.1) is 5.92 Å². The van der Waals surface area contributed by atoms with E-state index in [0.29, 0.717) is 6.42 Å². The highest BCUT2D eigenvalue weighted by atomic mass is 16.6. The molecule has 1 heterocycles. The number of carbonyl (C=O) groups is 2. The van der Waals surface area contributed by atoms with Gasteiger partial charge in [0.15, 0.2) is 0 Å². The molecule has 0 aromatic rings. The first-order valence-corrected chi connectivity index (χ1v) is 5.48. The number of likely N-dealkylation sites (tertiary alicyclic amines) is 1. The largest absolute Gasteiger partial charge is 0.481 e. The van der Waals surface area contributed by atoms with Gasteiger partial charge in [-0.2, -0.15) is 0 Å². The van der Waals surface area contributed by atoms with E-state index in [9.17, 15) is 9.59 Å². The second-order valence-corrected chi connectivity index (χ2v) is 5.05. The zero-order valence-corrected chi connectivity index (χ0v) is 10.2. The van der Waals surface area contributed by atoms with E-state index in [1.165, 1.54) is 4.90 Å². The molecule has 0 aliphatic carbocycles. The Morgan fingerprint density at radius 3 is 2.38 bits per heavy atom. The van der Waals surface area contributed by atoms with E-state index in [0.717, 1.165) is 0 Å². The lowest BCUT2D eigenvalue weighted by Crippen LogP contribution is -2.61. The number of carbonyl (C=O) groups excluding carboxylic acids is 1. The molecule has 5 heteroatoms. The highest BCUT2D eigenvalue weighted by molar-refractivity contribution is 5.78. The number of amides is 1.